The Hall–Kier alpha value is -1.00. The summed E-state index contributed by atoms with van der Waals surface area (Å²) in [5, 5.41) is 0.603. The van der Waals surface area contributed by atoms with E-state index in [0.717, 1.165) is 17.0 Å². The van der Waals surface area contributed by atoms with Crippen LogP contribution in [0.2, 0.25) is 0 Å². The summed E-state index contributed by atoms with van der Waals surface area (Å²) in [6.07, 6.45) is 0. The minimum atomic E-state index is 0.0605. The molecular weight excluding hydrogens is 206 g/mol. The average molecular weight is 223 g/mol. The van der Waals surface area contributed by atoms with Gasteiger partial charge in [-0.25, -0.2) is 4.99 Å². The van der Waals surface area contributed by atoms with Gasteiger partial charge < -0.3 is 11.5 Å². The zero-order valence-electron chi connectivity index (χ0n) is 9.10. The van der Waals surface area contributed by atoms with Crippen molar-refractivity contribution in [3.8, 4) is 0 Å². The second-order valence-electron chi connectivity index (χ2n) is 3.26. The van der Waals surface area contributed by atoms with Crippen LogP contribution in [0.25, 0.3) is 0 Å². The van der Waals surface area contributed by atoms with Crippen LogP contribution in [0.5, 0.6) is 0 Å². The SMILES string of the molecule is CCSC(N)=Nc1ccc(C(C)N)cc1. The zero-order chi connectivity index (χ0) is 11.3. The molecule has 0 aliphatic heterocycles. The predicted molar refractivity (Wildman–Crippen MR) is 68.5 cm³/mol. The Morgan fingerprint density at radius 1 is 1.40 bits per heavy atom. The van der Waals surface area contributed by atoms with Crippen LogP contribution in [0, 0.1) is 0 Å². The van der Waals surface area contributed by atoms with Gasteiger partial charge in [0.2, 0.25) is 0 Å². The Labute approximate surface area is 95.0 Å². The third-order valence-electron chi connectivity index (χ3n) is 1.95. The van der Waals surface area contributed by atoms with Crippen molar-refractivity contribution in [3.05, 3.63) is 29.8 Å². The Bertz CT molecular complexity index is 330. The molecule has 1 aromatic rings. The maximum atomic E-state index is 5.75. The molecule has 4 N–H and O–H groups in total. The highest BCUT2D eigenvalue weighted by Gasteiger charge is 1.98. The Kier molecular flexibility index (Phi) is 4.65. The normalized spacial score (nSPS) is 13.9. The van der Waals surface area contributed by atoms with Crippen LogP contribution in [0.4, 0.5) is 5.69 Å². The molecule has 82 valence electrons. The largest absolute Gasteiger partial charge is 0.378 e. The first-order chi connectivity index (χ1) is 7.13. The molecule has 1 rings (SSSR count). The van der Waals surface area contributed by atoms with Crippen LogP contribution in [-0.4, -0.2) is 10.9 Å². The van der Waals surface area contributed by atoms with E-state index < -0.39 is 0 Å². The quantitative estimate of drug-likeness (QED) is 0.611. The lowest BCUT2D eigenvalue weighted by Crippen LogP contribution is -2.06. The lowest BCUT2D eigenvalue weighted by atomic mass is 10.1. The van der Waals surface area contributed by atoms with Gasteiger partial charge in [0.05, 0.1) is 5.69 Å². The summed E-state index contributed by atoms with van der Waals surface area (Å²) in [5.74, 6) is 0.938. The van der Waals surface area contributed by atoms with Crippen molar-refractivity contribution in [2.45, 2.75) is 19.9 Å². The van der Waals surface area contributed by atoms with Crippen molar-refractivity contribution < 1.29 is 0 Å². The highest BCUT2D eigenvalue weighted by molar-refractivity contribution is 8.13. The predicted octanol–water partition coefficient (Wildman–Crippen LogP) is 2.41. The second kappa shape index (κ2) is 5.78. The Morgan fingerprint density at radius 2 is 2.00 bits per heavy atom. The molecule has 0 saturated heterocycles. The summed E-state index contributed by atoms with van der Waals surface area (Å²) >= 11 is 1.54. The van der Waals surface area contributed by atoms with Crippen molar-refractivity contribution in [2.75, 3.05) is 5.75 Å². The number of benzene rings is 1. The van der Waals surface area contributed by atoms with E-state index in [-0.39, 0.29) is 6.04 Å². The van der Waals surface area contributed by atoms with Gasteiger partial charge >= 0.3 is 0 Å². The van der Waals surface area contributed by atoms with E-state index in [9.17, 15) is 0 Å². The van der Waals surface area contributed by atoms with E-state index in [2.05, 4.69) is 4.99 Å². The van der Waals surface area contributed by atoms with Crippen molar-refractivity contribution in [2.24, 2.45) is 16.5 Å². The Balaban J connectivity index is 2.76. The van der Waals surface area contributed by atoms with Crippen molar-refractivity contribution in [1.82, 2.24) is 0 Å². The monoisotopic (exact) mass is 223 g/mol. The third kappa shape index (κ3) is 3.93. The molecule has 0 saturated carbocycles. The van der Waals surface area contributed by atoms with Crippen LogP contribution in [0.3, 0.4) is 0 Å². The van der Waals surface area contributed by atoms with Gasteiger partial charge in [0.1, 0.15) is 0 Å². The standard InChI is InChI=1S/C11H17N3S/c1-3-15-11(13)14-10-6-4-9(5-7-10)8(2)12/h4-8H,3,12H2,1-2H3,(H2,13,14). The molecule has 15 heavy (non-hydrogen) atoms. The van der Waals surface area contributed by atoms with E-state index in [1.54, 1.807) is 0 Å². The van der Waals surface area contributed by atoms with E-state index in [1.807, 2.05) is 38.1 Å². The number of aliphatic imine (C=N–C) groups is 1. The van der Waals surface area contributed by atoms with Gasteiger partial charge in [-0.3, -0.25) is 0 Å². The maximum Gasteiger partial charge on any atom is 0.159 e. The lowest BCUT2D eigenvalue weighted by Gasteiger charge is -2.05. The van der Waals surface area contributed by atoms with E-state index in [4.69, 9.17) is 11.5 Å². The molecule has 0 aliphatic rings. The number of amidine groups is 1. The van der Waals surface area contributed by atoms with Gasteiger partial charge in [-0.15, -0.1) is 0 Å². The number of nitrogens with zero attached hydrogens (tertiary/aromatic N) is 1. The van der Waals surface area contributed by atoms with Crippen LogP contribution >= 0.6 is 11.8 Å². The summed E-state index contributed by atoms with van der Waals surface area (Å²) in [7, 11) is 0. The van der Waals surface area contributed by atoms with E-state index in [0.29, 0.717) is 5.17 Å². The van der Waals surface area contributed by atoms with Gasteiger partial charge in [-0.05, 0) is 30.4 Å². The first-order valence-electron chi connectivity index (χ1n) is 4.96. The average Bonchev–Trinajstić information content (AvgIpc) is 2.18. The van der Waals surface area contributed by atoms with Crippen LogP contribution < -0.4 is 11.5 Å². The first kappa shape index (κ1) is 12.1. The van der Waals surface area contributed by atoms with Gasteiger partial charge in [-0.1, -0.05) is 30.8 Å². The molecule has 1 unspecified atom stereocenters. The number of nitrogens with two attached hydrogens (primary N) is 2. The van der Waals surface area contributed by atoms with Crippen LogP contribution in [0.1, 0.15) is 25.5 Å². The summed E-state index contributed by atoms with van der Waals surface area (Å²) in [6, 6.07) is 7.88. The summed E-state index contributed by atoms with van der Waals surface area (Å²) in [4.78, 5) is 4.27. The molecule has 0 fully saturated rings. The molecule has 0 heterocycles. The lowest BCUT2D eigenvalue weighted by molar-refractivity contribution is 0.818. The van der Waals surface area contributed by atoms with Gasteiger partial charge in [0.25, 0.3) is 0 Å². The van der Waals surface area contributed by atoms with Crippen molar-refractivity contribution >= 4 is 22.6 Å². The fourth-order valence-corrected chi connectivity index (χ4v) is 1.63. The summed E-state index contributed by atoms with van der Waals surface area (Å²) in [6.45, 7) is 4.01. The molecule has 4 heteroatoms. The van der Waals surface area contributed by atoms with Crippen molar-refractivity contribution in [3.63, 3.8) is 0 Å². The molecule has 0 radical (unpaired) electrons. The molecule has 0 spiro atoms. The van der Waals surface area contributed by atoms with Gasteiger partial charge in [-0.2, -0.15) is 0 Å². The van der Waals surface area contributed by atoms with Gasteiger partial charge in [0.15, 0.2) is 5.17 Å². The fraction of sp³-hybridized carbons (Fsp3) is 0.364. The van der Waals surface area contributed by atoms with E-state index in [1.165, 1.54) is 11.8 Å². The zero-order valence-corrected chi connectivity index (χ0v) is 9.92. The molecule has 3 nitrogen and oxygen atoms in total. The van der Waals surface area contributed by atoms with Crippen LogP contribution in [0.15, 0.2) is 29.3 Å². The Morgan fingerprint density at radius 3 is 2.47 bits per heavy atom. The van der Waals surface area contributed by atoms with Crippen LogP contribution in [-0.2, 0) is 0 Å². The summed E-state index contributed by atoms with van der Waals surface area (Å²) < 4.78 is 0. The highest BCUT2D eigenvalue weighted by Crippen LogP contribution is 2.17. The fourth-order valence-electron chi connectivity index (χ4n) is 1.16. The smallest absolute Gasteiger partial charge is 0.159 e. The molecule has 0 bridgehead atoms. The van der Waals surface area contributed by atoms with Crippen molar-refractivity contribution in [1.29, 1.82) is 0 Å². The molecule has 0 amide bonds. The minimum absolute atomic E-state index is 0.0605. The first-order valence-corrected chi connectivity index (χ1v) is 5.94. The second-order valence-corrected chi connectivity index (χ2v) is 4.55. The number of rotatable bonds is 3. The van der Waals surface area contributed by atoms with E-state index >= 15 is 0 Å². The van der Waals surface area contributed by atoms with Gasteiger partial charge in [0, 0.05) is 6.04 Å². The third-order valence-corrected chi connectivity index (χ3v) is 2.63. The highest BCUT2D eigenvalue weighted by atomic mass is 32.2. The summed E-state index contributed by atoms with van der Waals surface area (Å²) in [5.41, 5.74) is 13.4. The molecule has 1 aromatic carbocycles. The molecule has 0 aromatic heterocycles. The molecule has 0 aliphatic carbocycles. The number of thioether (sulfide) groups is 1. The minimum Gasteiger partial charge on any atom is -0.378 e. The topological polar surface area (TPSA) is 64.4 Å². The molecule has 1 atom stereocenters. The number of hydrogen-bond donors (Lipinski definition) is 2. The molecular formula is C11H17N3S. The number of hydrogen-bond acceptors (Lipinski definition) is 3. The maximum absolute atomic E-state index is 5.75.